The van der Waals surface area contributed by atoms with Gasteiger partial charge in [-0.05, 0) is 134 Å². The van der Waals surface area contributed by atoms with E-state index in [1.165, 1.54) is 40.5 Å². The van der Waals surface area contributed by atoms with E-state index >= 15 is 4.39 Å². The molecule has 7 aromatic carbocycles. The minimum atomic E-state index is -0.473. The zero-order valence-electron chi connectivity index (χ0n) is 42.9. The fourth-order valence-corrected chi connectivity index (χ4v) is 10.2. The minimum Gasteiger partial charge on any atom is -0.509 e. The first kappa shape index (κ1) is 50.4. The van der Waals surface area contributed by atoms with Crippen molar-refractivity contribution in [3.05, 3.63) is 198 Å². The monoisotopic (exact) mass is 1130 g/mol. The predicted octanol–water partition coefficient (Wildman–Crippen LogP) is 18.4. The van der Waals surface area contributed by atoms with E-state index in [2.05, 4.69) is 206 Å². The molecule has 72 heavy (non-hydrogen) atoms. The summed E-state index contributed by atoms with van der Waals surface area (Å²) in [5.41, 5.74) is 14.5. The second kappa shape index (κ2) is 19.8. The summed E-state index contributed by atoms with van der Waals surface area (Å²) in [5.74, 6) is 1.62. The molecule has 8 heteroatoms. The number of hydrogen-bond acceptors (Lipinski definition) is 4. The van der Waals surface area contributed by atoms with Crippen molar-refractivity contribution in [3.8, 4) is 39.6 Å². The Bertz CT molecular complexity index is 3440. The number of aromatic nitrogens is 2. The molecule has 0 atom stereocenters. The van der Waals surface area contributed by atoms with E-state index in [4.69, 9.17) is 9.72 Å². The standard InChI is InChI=1S/C64H61F2N4O.Pt/c1-38(2)49-18-16-19-50(39(3)4)62(49)43-29-46(35-48(30-43)71-47-24-25-52-51-17-12-13-20-57(51)70(60(52)36-47)61-33-44(27-28-67-61)64(9,10)11)68-37-69(59-22-15-14-21-58(59)68)63-53(40(5)6)31-42(32-54(63)41(7)8)55-34-45(65)23-26-56(55)66;/h12-34,37-41H,1-11H3;/q-3;. The van der Waals surface area contributed by atoms with E-state index < -0.39 is 11.6 Å². The maximum Gasteiger partial charge on any atom is 0.135 e. The van der Waals surface area contributed by atoms with Crippen LogP contribution in [0.5, 0.6) is 11.5 Å². The molecule has 5 nitrogen and oxygen atoms in total. The summed E-state index contributed by atoms with van der Waals surface area (Å²) >= 11 is 0. The topological polar surface area (TPSA) is 33.5 Å². The Balaban J connectivity index is 0.00000640. The van der Waals surface area contributed by atoms with Crippen molar-refractivity contribution in [1.29, 1.82) is 0 Å². The third-order valence-electron chi connectivity index (χ3n) is 13.9. The fourth-order valence-electron chi connectivity index (χ4n) is 10.2. The van der Waals surface area contributed by atoms with Crippen LogP contribution in [0, 0.1) is 30.4 Å². The quantitative estimate of drug-likeness (QED) is 0.121. The second-order valence-electron chi connectivity index (χ2n) is 21.2. The van der Waals surface area contributed by atoms with Gasteiger partial charge in [0.2, 0.25) is 0 Å². The summed E-state index contributed by atoms with van der Waals surface area (Å²) in [7, 11) is 0. The zero-order valence-corrected chi connectivity index (χ0v) is 45.2. The summed E-state index contributed by atoms with van der Waals surface area (Å²) in [6, 6.07) is 51.4. The number of para-hydroxylation sites is 3. The Hall–Kier alpha value is -6.56. The van der Waals surface area contributed by atoms with Gasteiger partial charge in [0.25, 0.3) is 0 Å². The van der Waals surface area contributed by atoms with Gasteiger partial charge in [-0.15, -0.1) is 53.6 Å². The van der Waals surface area contributed by atoms with Crippen LogP contribution >= 0.6 is 0 Å². The number of anilines is 4. The number of pyridine rings is 1. The third-order valence-corrected chi connectivity index (χ3v) is 13.9. The minimum absolute atomic E-state index is 0. The van der Waals surface area contributed by atoms with E-state index in [0.29, 0.717) is 17.1 Å². The molecular weight excluding hydrogens is 1070 g/mol. The van der Waals surface area contributed by atoms with Gasteiger partial charge in [-0.2, -0.15) is 6.07 Å². The first-order valence-corrected chi connectivity index (χ1v) is 24.9. The molecule has 0 unspecified atom stereocenters. The van der Waals surface area contributed by atoms with Gasteiger partial charge in [-0.25, -0.2) is 13.8 Å². The van der Waals surface area contributed by atoms with Crippen molar-refractivity contribution in [3.63, 3.8) is 0 Å². The van der Waals surface area contributed by atoms with Crippen molar-refractivity contribution in [2.24, 2.45) is 0 Å². The average molecular weight is 1140 g/mol. The van der Waals surface area contributed by atoms with Gasteiger partial charge in [0.05, 0.1) is 0 Å². The van der Waals surface area contributed by atoms with Crippen molar-refractivity contribution >= 4 is 44.6 Å². The van der Waals surface area contributed by atoms with Crippen molar-refractivity contribution in [1.82, 2.24) is 9.55 Å². The van der Waals surface area contributed by atoms with E-state index in [-0.39, 0.29) is 55.7 Å². The first-order valence-electron chi connectivity index (χ1n) is 24.9. The number of fused-ring (bicyclic) bond motifs is 4. The van der Waals surface area contributed by atoms with Crippen LogP contribution in [0.15, 0.2) is 140 Å². The molecule has 1 aliphatic rings. The molecule has 0 radical (unpaired) electrons. The van der Waals surface area contributed by atoms with Crippen LogP contribution in [-0.2, 0) is 26.5 Å². The molecule has 0 spiro atoms. The maximum atomic E-state index is 15.5. The predicted molar refractivity (Wildman–Crippen MR) is 290 cm³/mol. The Morgan fingerprint density at radius 1 is 0.583 bits per heavy atom. The Kier molecular flexibility index (Phi) is 13.9. The number of benzene rings is 7. The van der Waals surface area contributed by atoms with Gasteiger partial charge >= 0.3 is 0 Å². The summed E-state index contributed by atoms with van der Waals surface area (Å²) in [6.45, 7) is 26.4. The van der Waals surface area contributed by atoms with Gasteiger partial charge in [0.1, 0.15) is 17.5 Å². The van der Waals surface area contributed by atoms with Crippen LogP contribution in [0.4, 0.5) is 31.5 Å². The van der Waals surface area contributed by atoms with E-state index in [1.54, 1.807) is 0 Å². The van der Waals surface area contributed by atoms with Gasteiger partial charge in [-0.1, -0.05) is 130 Å². The molecule has 0 fully saturated rings. The second-order valence-corrected chi connectivity index (χ2v) is 21.2. The molecule has 0 saturated heterocycles. The molecule has 0 saturated carbocycles. The molecule has 370 valence electrons. The molecule has 0 bridgehead atoms. The molecule has 1 aliphatic heterocycles. The van der Waals surface area contributed by atoms with Crippen molar-refractivity contribution in [2.75, 3.05) is 9.80 Å². The van der Waals surface area contributed by atoms with Gasteiger partial charge in [-0.3, -0.25) is 0 Å². The van der Waals surface area contributed by atoms with Gasteiger partial charge in [0.15, 0.2) is 0 Å². The van der Waals surface area contributed by atoms with E-state index in [1.807, 2.05) is 24.4 Å². The summed E-state index contributed by atoms with van der Waals surface area (Å²) < 4.78 is 39.4. The molecule has 9 aromatic rings. The number of ether oxygens (including phenoxy) is 1. The van der Waals surface area contributed by atoms with Crippen LogP contribution in [0.3, 0.4) is 0 Å². The summed E-state index contributed by atoms with van der Waals surface area (Å²) in [6.07, 6.45) is 1.89. The Morgan fingerprint density at radius 3 is 1.88 bits per heavy atom. The number of hydrogen-bond donors (Lipinski definition) is 0. The van der Waals surface area contributed by atoms with E-state index in [0.717, 1.165) is 67.1 Å². The molecular formula is C64H61F2N4OPt-3. The third kappa shape index (κ3) is 9.26. The van der Waals surface area contributed by atoms with Crippen molar-refractivity contribution in [2.45, 2.75) is 105 Å². The zero-order chi connectivity index (χ0) is 50.0. The molecule has 0 N–H and O–H groups in total. The van der Waals surface area contributed by atoms with E-state index in [9.17, 15) is 4.39 Å². The van der Waals surface area contributed by atoms with Crippen LogP contribution in [0.1, 0.15) is 128 Å². The number of nitrogens with zero attached hydrogens (tertiary/aromatic N) is 4. The summed E-state index contributed by atoms with van der Waals surface area (Å²) in [5, 5.41) is 2.17. The van der Waals surface area contributed by atoms with Crippen LogP contribution in [0.25, 0.3) is 49.9 Å². The average Bonchev–Trinajstić information content (AvgIpc) is 3.89. The normalized spacial score (nSPS) is 12.8. The molecule has 2 aromatic heterocycles. The number of rotatable bonds is 11. The van der Waals surface area contributed by atoms with Gasteiger partial charge < -0.3 is 19.1 Å². The SMILES string of the molecule is CC(C)c1cccc(C(C)C)c1-c1cc(Oc2[c-]c3c(cc2)c2ccccc2n3-c2cc(C(C)(C)C)ccn2)[c-]c(N2[CH-]N(c3c(C(C)C)cc(-c4cc(F)ccc4F)cc3C(C)C)c3ccccc32)c1.[Pt]. The van der Waals surface area contributed by atoms with Crippen LogP contribution in [0.2, 0.25) is 0 Å². The number of halogens is 2. The van der Waals surface area contributed by atoms with Crippen molar-refractivity contribution < 1.29 is 34.6 Å². The fraction of sp³-hybridized carbons (Fsp3) is 0.250. The van der Waals surface area contributed by atoms with Crippen LogP contribution in [-0.4, -0.2) is 9.55 Å². The Labute approximate surface area is 438 Å². The smallest absolute Gasteiger partial charge is 0.135 e. The summed E-state index contributed by atoms with van der Waals surface area (Å²) in [4.78, 5) is 9.37. The molecule has 0 aliphatic carbocycles. The molecule has 0 amide bonds. The molecule has 3 heterocycles. The molecule has 10 rings (SSSR count). The maximum absolute atomic E-state index is 15.5. The van der Waals surface area contributed by atoms with Gasteiger partial charge in [0, 0.05) is 66.9 Å². The first-order chi connectivity index (χ1) is 34.0. The Morgan fingerprint density at radius 2 is 1.22 bits per heavy atom. The largest absolute Gasteiger partial charge is 0.509 e. The van der Waals surface area contributed by atoms with Crippen LogP contribution < -0.4 is 14.5 Å².